The molecule has 0 fully saturated rings. The van der Waals surface area contributed by atoms with Gasteiger partial charge in [0.05, 0.1) is 41.3 Å². The first-order valence-electron chi connectivity index (χ1n) is 10.5. The highest BCUT2D eigenvalue weighted by molar-refractivity contribution is 7.99. The molecule has 6 rings (SSSR count). The molecule has 2 aliphatic heterocycles. The van der Waals surface area contributed by atoms with Gasteiger partial charge < -0.3 is 20.4 Å². The Balaban J connectivity index is 1.59. The molecule has 33 heavy (non-hydrogen) atoms. The Bertz CT molecular complexity index is 1330. The fraction of sp³-hybridized carbons (Fsp3) is 0.286. The summed E-state index contributed by atoms with van der Waals surface area (Å²) in [5.74, 6) is 0.563. The minimum atomic E-state index is -0.351. The van der Waals surface area contributed by atoms with Gasteiger partial charge in [-0.25, -0.2) is 14.4 Å². The van der Waals surface area contributed by atoms with E-state index in [0.29, 0.717) is 52.1 Å². The number of aromatic amines is 1. The lowest BCUT2D eigenvalue weighted by molar-refractivity contribution is -0.623. The number of H-pyrrole nitrogens is 1. The Kier molecular flexibility index (Phi) is 5.82. The van der Waals surface area contributed by atoms with Gasteiger partial charge in [0, 0.05) is 13.6 Å². The number of aromatic nitrogens is 5. The Hall–Kier alpha value is -3.67. The van der Waals surface area contributed by atoms with Crippen LogP contribution in [0.2, 0.25) is 0 Å². The van der Waals surface area contributed by atoms with Crippen LogP contribution >= 0.6 is 11.8 Å². The predicted molar refractivity (Wildman–Crippen MR) is 123 cm³/mol. The Labute approximate surface area is 192 Å². The molecule has 0 radical (unpaired) electrons. The number of thioether (sulfide) groups is 1. The highest BCUT2D eigenvalue weighted by atomic mass is 32.2. The molecule has 12 heteroatoms. The summed E-state index contributed by atoms with van der Waals surface area (Å²) in [5.41, 5.74) is 5.95. The summed E-state index contributed by atoms with van der Waals surface area (Å²) < 4.78 is 22.0. The van der Waals surface area contributed by atoms with Gasteiger partial charge >= 0.3 is 0 Å². The van der Waals surface area contributed by atoms with E-state index in [1.165, 1.54) is 36.3 Å². The van der Waals surface area contributed by atoms with Crippen LogP contribution in [0.5, 0.6) is 11.6 Å². The van der Waals surface area contributed by atoms with Crippen LogP contribution in [0.3, 0.4) is 0 Å². The molecule has 0 saturated carbocycles. The van der Waals surface area contributed by atoms with Crippen LogP contribution in [0.15, 0.2) is 35.9 Å². The minimum absolute atomic E-state index is 0.0608. The topological polar surface area (TPSA) is 121 Å². The number of hydrogen-bond acceptors (Lipinski definition) is 8. The van der Waals surface area contributed by atoms with Crippen LogP contribution in [0.25, 0.3) is 22.1 Å². The van der Waals surface area contributed by atoms with Crippen molar-refractivity contribution < 1.29 is 18.6 Å². The van der Waals surface area contributed by atoms with Gasteiger partial charge in [-0.2, -0.15) is 10.4 Å². The van der Waals surface area contributed by atoms with Crippen molar-refractivity contribution in [2.75, 3.05) is 36.6 Å². The maximum atomic E-state index is 14.3. The molecule has 0 atom stereocenters. The lowest BCUT2D eigenvalue weighted by atomic mass is 10.2. The maximum absolute atomic E-state index is 14.3. The first kappa shape index (κ1) is 21.2. The van der Waals surface area contributed by atoms with Gasteiger partial charge in [0.25, 0.3) is 17.6 Å². The van der Waals surface area contributed by atoms with Crippen molar-refractivity contribution in [1.29, 1.82) is 0 Å². The number of benzene rings is 1. The Morgan fingerprint density at radius 2 is 2.03 bits per heavy atom. The van der Waals surface area contributed by atoms with Gasteiger partial charge in [-0.05, 0) is 25.0 Å². The van der Waals surface area contributed by atoms with Gasteiger partial charge in [-0.1, -0.05) is 16.4 Å². The first-order chi connectivity index (χ1) is 16.1. The summed E-state index contributed by atoms with van der Waals surface area (Å²) >= 11 is 1.26. The van der Waals surface area contributed by atoms with Crippen molar-refractivity contribution in [3.8, 4) is 11.6 Å². The standard InChI is InChI=1S/C21H21FN8O2S/c1-23-15-7-12(22)6-14-18(15)29-20-19(14)30-10-17(28-20)32-13-8-25-21(26-9-13)33-11-16(31)24-4-2-3-5-27-30/h6-10,27H,2-5,11H2,1H3,(H2,23,24,28,31)/p+1. The summed E-state index contributed by atoms with van der Waals surface area (Å²) in [6, 6.07) is 2.91. The molecule has 2 aliphatic rings. The number of carbonyl (C=O) groups excluding carboxylic acids is 1. The van der Waals surface area contributed by atoms with Crippen molar-refractivity contribution in [1.82, 2.24) is 25.3 Å². The van der Waals surface area contributed by atoms with E-state index in [0.717, 1.165) is 18.4 Å². The Morgan fingerprint density at radius 1 is 1.21 bits per heavy atom. The van der Waals surface area contributed by atoms with Crippen LogP contribution in [0, 0.1) is 5.82 Å². The average molecular weight is 470 g/mol. The third kappa shape index (κ3) is 4.46. The van der Waals surface area contributed by atoms with Crippen LogP contribution < -0.4 is 25.5 Å². The number of carbonyl (C=O) groups is 1. The summed E-state index contributed by atoms with van der Waals surface area (Å²) in [6.45, 7) is 1.21. The van der Waals surface area contributed by atoms with Gasteiger partial charge in [0.15, 0.2) is 10.9 Å². The smallest absolute Gasteiger partial charge is 0.290 e. The molecule has 10 nitrogen and oxygen atoms in total. The summed E-state index contributed by atoms with van der Waals surface area (Å²) in [5, 5.41) is 7.09. The molecule has 0 unspecified atom stereocenters. The van der Waals surface area contributed by atoms with Crippen molar-refractivity contribution >= 4 is 45.4 Å². The molecular formula is C21H22FN8O2S+. The predicted octanol–water partition coefficient (Wildman–Crippen LogP) is 2.31. The van der Waals surface area contributed by atoms with Gasteiger partial charge in [0.2, 0.25) is 11.6 Å². The second-order valence-corrected chi connectivity index (χ2v) is 8.40. The number of ether oxygens (including phenoxy) is 1. The van der Waals surface area contributed by atoms with Gasteiger partial charge in [-0.15, -0.1) is 0 Å². The van der Waals surface area contributed by atoms with Crippen LogP contribution in [-0.2, 0) is 4.79 Å². The number of amides is 1. The van der Waals surface area contributed by atoms with Gasteiger partial charge in [0.1, 0.15) is 5.82 Å². The second kappa shape index (κ2) is 9.06. The molecule has 4 aromatic rings. The Morgan fingerprint density at radius 3 is 2.85 bits per heavy atom. The highest BCUT2D eigenvalue weighted by Gasteiger charge is 2.23. The number of fused-ring (bicyclic) bond motifs is 13. The van der Waals surface area contributed by atoms with Crippen LogP contribution in [0.1, 0.15) is 12.8 Å². The largest absolute Gasteiger partial charge is 0.431 e. The number of nitrogens with zero attached hydrogens (tertiary/aromatic N) is 4. The van der Waals surface area contributed by atoms with Gasteiger partial charge in [-0.3, -0.25) is 4.79 Å². The van der Waals surface area contributed by atoms with E-state index in [2.05, 4.69) is 36.0 Å². The number of anilines is 1. The van der Waals surface area contributed by atoms with Crippen molar-refractivity contribution in [2.45, 2.75) is 18.0 Å². The lowest BCUT2D eigenvalue weighted by Crippen LogP contribution is -2.46. The van der Waals surface area contributed by atoms with E-state index in [1.54, 1.807) is 17.9 Å². The minimum Gasteiger partial charge on any atom is -0.431 e. The first-order valence-corrected chi connectivity index (χ1v) is 11.5. The van der Waals surface area contributed by atoms with E-state index in [-0.39, 0.29) is 17.5 Å². The fourth-order valence-electron chi connectivity index (χ4n) is 3.65. The number of halogens is 1. The molecule has 1 amide bonds. The molecular weight excluding hydrogens is 447 g/mol. The summed E-state index contributed by atoms with van der Waals surface area (Å²) in [4.78, 5) is 28.4. The van der Waals surface area contributed by atoms with Crippen molar-refractivity contribution in [3.05, 3.63) is 36.5 Å². The zero-order valence-corrected chi connectivity index (χ0v) is 18.6. The molecule has 1 aromatic carbocycles. The number of rotatable bonds is 1. The normalized spacial score (nSPS) is 15.0. The molecule has 0 saturated heterocycles. The second-order valence-electron chi connectivity index (χ2n) is 7.45. The third-order valence-corrected chi connectivity index (χ3v) is 6.04. The average Bonchev–Trinajstić information content (AvgIpc) is 3.18. The zero-order chi connectivity index (χ0) is 22.8. The number of hydrogen-bond donors (Lipinski definition) is 4. The van der Waals surface area contributed by atoms with E-state index in [9.17, 15) is 9.18 Å². The number of nitrogens with one attached hydrogen (secondary N) is 4. The molecule has 5 heterocycles. The summed E-state index contributed by atoms with van der Waals surface area (Å²) in [6.07, 6.45) is 6.41. The fourth-order valence-corrected chi connectivity index (χ4v) is 4.27. The summed E-state index contributed by atoms with van der Waals surface area (Å²) in [7, 11) is 1.74. The molecule has 4 bridgehead atoms. The van der Waals surface area contributed by atoms with E-state index >= 15 is 0 Å². The van der Waals surface area contributed by atoms with Crippen molar-refractivity contribution in [3.63, 3.8) is 0 Å². The molecule has 0 aliphatic carbocycles. The molecule has 3 aromatic heterocycles. The van der Waals surface area contributed by atoms with E-state index in [1.807, 2.05) is 0 Å². The van der Waals surface area contributed by atoms with E-state index in [4.69, 9.17) is 4.74 Å². The zero-order valence-electron chi connectivity index (χ0n) is 17.8. The molecule has 0 spiro atoms. The molecule has 170 valence electrons. The highest BCUT2D eigenvalue weighted by Crippen LogP contribution is 2.30. The lowest BCUT2D eigenvalue weighted by Gasteiger charge is -2.06. The van der Waals surface area contributed by atoms with E-state index < -0.39 is 0 Å². The quantitative estimate of drug-likeness (QED) is 0.248. The third-order valence-electron chi connectivity index (χ3n) is 5.16. The molecule has 4 N–H and O–H groups in total. The SMILES string of the molecule is CNc1cc(F)cc2c1[nH]c1nc3c[n+](c12)NCCCCNC(=O)CSc1ncc(cn1)O3. The van der Waals surface area contributed by atoms with Crippen LogP contribution in [0.4, 0.5) is 10.1 Å². The maximum Gasteiger partial charge on any atom is 0.290 e. The van der Waals surface area contributed by atoms with Crippen LogP contribution in [-0.4, -0.2) is 51.7 Å². The monoisotopic (exact) mass is 469 g/mol. The van der Waals surface area contributed by atoms with Crippen molar-refractivity contribution in [2.24, 2.45) is 0 Å².